The van der Waals surface area contributed by atoms with Gasteiger partial charge in [-0.05, 0) is 0 Å². The van der Waals surface area contributed by atoms with Crippen molar-refractivity contribution in [3.05, 3.63) is 0 Å². The van der Waals surface area contributed by atoms with E-state index in [4.69, 9.17) is 0 Å². The molecule has 0 amide bonds. The highest BCUT2D eigenvalue weighted by molar-refractivity contribution is 7.94. The minimum absolute atomic E-state index is 0.866. The molecule has 1 heterocycles. The van der Waals surface area contributed by atoms with E-state index in [0.29, 0.717) is 0 Å². The second-order valence-electron chi connectivity index (χ2n) is 0.749. The molecular weight excluding hydrogens is 86.1 g/mol. The Balaban J connectivity index is 2.08. The molecule has 0 aliphatic carbocycles. The van der Waals surface area contributed by atoms with Gasteiger partial charge in [-0.1, -0.05) is 5.48 Å². The molecule has 0 aromatic carbocycles. The van der Waals surface area contributed by atoms with Crippen molar-refractivity contribution in [3.8, 4) is 0 Å². The van der Waals surface area contributed by atoms with Crippen LogP contribution >= 0.6 is 12.0 Å². The molecule has 1 fully saturated rings. The first-order valence-electron chi connectivity index (χ1n) is 1.45. The van der Waals surface area contributed by atoms with E-state index in [1.54, 1.807) is 0 Å². The molecule has 29 valence electrons. The largest absolute Gasteiger partial charge is 0.211 e. The summed E-state index contributed by atoms with van der Waals surface area (Å²) in [7, 11) is 0. The summed E-state index contributed by atoms with van der Waals surface area (Å²) >= 11 is 1.41. The van der Waals surface area contributed by atoms with E-state index in [9.17, 15) is 0 Å². The van der Waals surface area contributed by atoms with Gasteiger partial charge < -0.3 is 0 Å². The number of hydrogen-bond donors (Lipinski definition) is 0. The summed E-state index contributed by atoms with van der Waals surface area (Å²) in [5.74, 6) is 1.03. The summed E-state index contributed by atoms with van der Waals surface area (Å²) < 4.78 is 4.49. The van der Waals surface area contributed by atoms with Gasteiger partial charge in [-0.15, -0.1) is 0 Å². The molecule has 0 aromatic rings. The van der Waals surface area contributed by atoms with E-state index in [-0.39, 0.29) is 0 Å². The van der Waals surface area contributed by atoms with E-state index in [0.717, 1.165) is 12.3 Å². The molecule has 2 nitrogen and oxygen atoms in total. The molecule has 0 saturated carbocycles. The highest BCUT2D eigenvalue weighted by Crippen LogP contribution is 2.04. The quantitative estimate of drug-likeness (QED) is 0.396. The molecule has 1 aliphatic rings. The summed E-state index contributed by atoms with van der Waals surface area (Å²) in [5, 5.41) is 0. The fraction of sp³-hybridized carbons (Fsp3) is 1.00. The van der Waals surface area contributed by atoms with Crippen LogP contribution in [0.25, 0.3) is 0 Å². The number of hydroxylamine groups is 1. The van der Waals surface area contributed by atoms with Crippen molar-refractivity contribution >= 4 is 12.0 Å². The molecule has 0 aromatic heterocycles. The fourth-order valence-electron chi connectivity index (χ4n) is 0.186. The topological polar surface area (TPSA) is 23.3 Å². The van der Waals surface area contributed by atoms with Gasteiger partial charge in [-0.25, -0.2) is 4.28 Å². The minimum Gasteiger partial charge on any atom is -0.211 e. The van der Waals surface area contributed by atoms with Crippen LogP contribution in [0.5, 0.6) is 0 Å². The molecule has 1 saturated heterocycles. The maximum atomic E-state index is 4.49. The molecule has 0 N–H and O–H groups in total. The second kappa shape index (κ2) is 1.64. The standard InChI is InChI=1S/C2H4NOS/c1-2-5-4-3-1/h1-2H2. The van der Waals surface area contributed by atoms with Gasteiger partial charge in [0, 0.05) is 17.8 Å². The van der Waals surface area contributed by atoms with Crippen molar-refractivity contribution < 1.29 is 4.28 Å². The predicted molar refractivity (Wildman–Crippen MR) is 20.5 cm³/mol. The third kappa shape index (κ3) is 0.792. The molecular formula is C2H4NOS. The van der Waals surface area contributed by atoms with Crippen LogP contribution in [0, 0.1) is 0 Å². The lowest BCUT2D eigenvalue weighted by molar-refractivity contribution is 0.260. The zero-order chi connectivity index (χ0) is 3.54. The smallest absolute Gasteiger partial charge is 0.0553 e. The van der Waals surface area contributed by atoms with E-state index in [1.165, 1.54) is 12.0 Å². The Morgan fingerprint density at radius 3 is 3.00 bits per heavy atom. The number of hydrogen-bond acceptors (Lipinski definition) is 2. The normalized spacial score (nSPS) is 24.0. The summed E-state index contributed by atoms with van der Waals surface area (Å²) in [6, 6.07) is 0. The Hall–Kier alpha value is 0.270. The van der Waals surface area contributed by atoms with Crippen LogP contribution < -0.4 is 5.48 Å². The third-order valence-electron chi connectivity index (χ3n) is 0.371. The molecule has 0 spiro atoms. The maximum absolute atomic E-state index is 4.49. The van der Waals surface area contributed by atoms with Crippen LogP contribution in [-0.4, -0.2) is 12.3 Å². The summed E-state index contributed by atoms with van der Waals surface area (Å²) in [6.07, 6.45) is 0. The van der Waals surface area contributed by atoms with Gasteiger partial charge in [0.2, 0.25) is 0 Å². The van der Waals surface area contributed by atoms with Crippen LogP contribution in [0.15, 0.2) is 0 Å². The Morgan fingerprint density at radius 1 is 1.80 bits per heavy atom. The highest BCUT2D eigenvalue weighted by Gasteiger charge is 1.97. The Labute approximate surface area is 35.0 Å². The van der Waals surface area contributed by atoms with Gasteiger partial charge in [-0.3, -0.25) is 0 Å². The van der Waals surface area contributed by atoms with E-state index >= 15 is 0 Å². The van der Waals surface area contributed by atoms with Crippen molar-refractivity contribution in [2.24, 2.45) is 0 Å². The Bertz CT molecular complexity index is 21.2. The average molecular weight is 90.1 g/mol. The van der Waals surface area contributed by atoms with Crippen LogP contribution in [0.2, 0.25) is 0 Å². The van der Waals surface area contributed by atoms with Gasteiger partial charge in [0.25, 0.3) is 0 Å². The van der Waals surface area contributed by atoms with E-state index in [1.807, 2.05) is 0 Å². The average Bonchev–Trinajstić information content (AvgIpc) is 1.76. The molecule has 0 bridgehead atoms. The first kappa shape index (κ1) is 3.46. The molecule has 0 unspecified atom stereocenters. The van der Waals surface area contributed by atoms with Crippen molar-refractivity contribution in [1.29, 1.82) is 0 Å². The second-order valence-corrected chi connectivity index (χ2v) is 1.54. The molecule has 3 heteroatoms. The first-order valence-corrected chi connectivity index (χ1v) is 2.36. The van der Waals surface area contributed by atoms with Crippen molar-refractivity contribution in [2.75, 3.05) is 12.3 Å². The van der Waals surface area contributed by atoms with E-state index < -0.39 is 0 Å². The summed E-state index contributed by atoms with van der Waals surface area (Å²) in [4.78, 5) is 0. The molecule has 1 aliphatic heterocycles. The van der Waals surface area contributed by atoms with Crippen molar-refractivity contribution in [3.63, 3.8) is 0 Å². The predicted octanol–water partition coefficient (Wildman–Crippen LogP) is 0.184. The van der Waals surface area contributed by atoms with Gasteiger partial charge in [0.1, 0.15) is 0 Å². The van der Waals surface area contributed by atoms with Crippen molar-refractivity contribution in [1.82, 2.24) is 5.48 Å². The molecule has 0 atom stereocenters. The van der Waals surface area contributed by atoms with Crippen LogP contribution in [-0.2, 0) is 4.28 Å². The lowest BCUT2D eigenvalue weighted by Gasteiger charge is -1.72. The van der Waals surface area contributed by atoms with Gasteiger partial charge in [0.15, 0.2) is 0 Å². The summed E-state index contributed by atoms with van der Waals surface area (Å²) in [5.41, 5.74) is 3.55. The van der Waals surface area contributed by atoms with Crippen LogP contribution in [0.4, 0.5) is 0 Å². The molecule has 5 heavy (non-hydrogen) atoms. The van der Waals surface area contributed by atoms with Gasteiger partial charge in [-0.2, -0.15) is 0 Å². The Kier molecular flexibility index (Phi) is 1.14. The molecule has 1 rings (SSSR count). The van der Waals surface area contributed by atoms with Gasteiger partial charge >= 0.3 is 0 Å². The number of nitrogens with zero attached hydrogens (tertiary/aromatic N) is 1. The zero-order valence-corrected chi connectivity index (χ0v) is 3.49. The third-order valence-corrected chi connectivity index (χ3v) is 0.931. The highest BCUT2D eigenvalue weighted by atomic mass is 32.2. The molecule has 1 radical (unpaired) electrons. The monoisotopic (exact) mass is 90.0 g/mol. The zero-order valence-electron chi connectivity index (χ0n) is 2.68. The maximum Gasteiger partial charge on any atom is 0.0553 e. The van der Waals surface area contributed by atoms with E-state index in [2.05, 4.69) is 9.76 Å². The lowest BCUT2D eigenvalue weighted by atomic mass is 10.8. The minimum atomic E-state index is 0.866. The lowest BCUT2D eigenvalue weighted by Crippen LogP contribution is -1.91. The van der Waals surface area contributed by atoms with Gasteiger partial charge in [0.05, 0.1) is 6.54 Å². The van der Waals surface area contributed by atoms with Crippen molar-refractivity contribution in [2.45, 2.75) is 0 Å². The fourth-order valence-corrected chi connectivity index (χ4v) is 0.559. The van der Waals surface area contributed by atoms with Crippen LogP contribution in [0.3, 0.4) is 0 Å². The first-order chi connectivity index (χ1) is 2.50. The SMILES string of the molecule is C1CSO[N]1. The van der Waals surface area contributed by atoms with Crippen LogP contribution in [0.1, 0.15) is 0 Å². The Morgan fingerprint density at radius 2 is 2.80 bits per heavy atom. The number of rotatable bonds is 0. The summed E-state index contributed by atoms with van der Waals surface area (Å²) in [6.45, 7) is 0.866.